The molecule has 26 heavy (non-hydrogen) atoms. The molecule has 0 amide bonds. The number of esters is 1. The molecule has 142 valence electrons. The summed E-state index contributed by atoms with van der Waals surface area (Å²) in [5.74, 6) is 1.45. The number of carbonyl (C=O) groups excluding carboxylic acids is 2. The number of ether oxygens (including phenoxy) is 1. The highest BCUT2D eigenvalue weighted by atomic mass is 16.5. The Bertz CT molecular complexity index is 745. The molecule has 0 saturated heterocycles. The number of rotatable bonds is 2. The van der Waals surface area contributed by atoms with Gasteiger partial charge in [-0.1, -0.05) is 27.2 Å². The van der Waals surface area contributed by atoms with Crippen LogP contribution >= 0.6 is 0 Å². The molecule has 4 atom stereocenters. The van der Waals surface area contributed by atoms with Gasteiger partial charge in [-0.25, -0.2) is 0 Å². The van der Waals surface area contributed by atoms with Crippen molar-refractivity contribution in [3.05, 3.63) is 23.7 Å². The number of furan rings is 1. The minimum Gasteiger partial charge on any atom is -0.468 e. The average Bonchev–Trinajstić information content (AvgIpc) is 3.06. The molecule has 4 rings (SSSR count). The van der Waals surface area contributed by atoms with Crippen LogP contribution in [0.2, 0.25) is 0 Å². The highest BCUT2D eigenvalue weighted by Gasteiger charge is 2.64. The molecule has 0 aromatic carbocycles. The minimum atomic E-state index is -0.227. The lowest BCUT2D eigenvalue weighted by molar-refractivity contribution is -0.171. The number of hydrogen-bond acceptors (Lipinski definition) is 4. The Morgan fingerprint density at radius 1 is 1.23 bits per heavy atom. The third-order valence-corrected chi connectivity index (χ3v) is 7.93. The highest BCUT2D eigenvalue weighted by molar-refractivity contribution is 5.99. The third kappa shape index (κ3) is 2.33. The molecule has 2 fully saturated rings. The predicted octanol–water partition coefficient (Wildman–Crippen LogP) is 4.91. The Labute approximate surface area is 155 Å². The second kappa shape index (κ2) is 5.71. The molecule has 2 saturated carbocycles. The standard InChI is InChI=1S/C22H30O4/c1-14(23)26-13-22-9-5-8-20(2,3)17(22)6-10-21(4)18(22)12-16(24)15-7-11-25-19(15)21/h7,11,17-18H,5-6,8-10,12-13H2,1-4H3/t17-,18-,21+,22+/m0/s1. The van der Waals surface area contributed by atoms with Gasteiger partial charge < -0.3 is 9.15 Å². The quantitative estimate of drug-likeness (QED) is 0.705. The van der Waals surface area contributed by atoms with E-state index < -0.39 is 0 Å². The van der Waals surface area contributed by atoms with Gasteiger partial charge in [0.05, 0.1) is 18.4 Å². The number of ketones is 1. The maximum Gasteiger partial charge on any atom is 0.302 e. The van der Waals surface area contributed by atoms with Crippen molar-refractivity contribution < 1.29 is 18.7 Å². The van der Waals surface area contributed by atoms with Crippen LogP contribution in [0.1, 0.15) is 82.3 Å². The van der Waals surface area contributed by atoms with Crippen LogP contribution in [0.15, 0.2) is 16.7 Å². The van der Waals surface area contributed by atoms with E-state index in [-0.39, 0.29) is 33.9 Å². The summed E-state index contributed by atoms with van der Waals surface area (Å²) in [5, 5.41) is 0. The molecule has 0 radical (unpaired) electrons. The van der Waals surface area contributed by atoms with Crippen LogP contribution in [0.3, 0.4) is 0 Å². The SMILES string of the molecule is CC(=O)OC[C@]12CCCC(C)(C)[C@@H]1CC[C@@]1(C)c3occc3C(=O)C[C@H]21. The monoisotopic (exact) mass is 358 g/mol. The summed E-state index contributed by atoms with van der Waals surface area (Å²) >= 11 is 0. The Morgan fingerprint density at radius 3 is 2.73 bits per heavy atom. The molecule has 3 aliphatic rings. The van der Waals surface area contributed by atoms with Gasteiger partial charge in [0.1, 0.15) is 5.76 Å². The van der Waals surface area contributed by atoms with Crippen molar-refractivity contribution >= 4 is 11.8 Å². The van der Waals surface area contributed by atoms with E-state index >= 15 is 0 Å². The molecular weight excluding hydrogens is 328 g/mol. The summed E-state index contributed by atoms with van der Waals surface area (Å²) in [6.45, 7) is 8.88. The van der Waals surface area contributed by atoms with Crippen molar-refractivity contribution in [3.63, 3.8) is 0 Å². The van der Waals surface area contributed by atoms with Crippen LogP contribution in [0, 0.1) is 22.7 Å². The fraction of sp³-hybridized carbons (Fsp3) is 0.727. The van der Waals surface area contributed by atoms with Gasteiger partial charge in [-0.05, 0) is 49.0 Å². The largest absolute Gasteiger partial charge is 0.468 e. The average molecular weight is 358 g/mol. The van der Waals surface area contributed by atoms with Gasteiger partial charge in [-0.3, -0.25) is 9.59 Å². The predicted molar refractivity (Wildman–Crippen MR) is 97.9 cm³/mol. The van der Waals surface area contributed by atoms with E-state index in [0.717, 1.165) is 37.0 Å². The van der Waals surface area contributed by atoms with Gasteiger partial charge in [0, 0.05) is 24.2 Å². The second-order valence-corrected chi connectivity index (χ2v) is 9.71. The normalized spacial score (nSPS) is 38.1. The van der Waals surface area contributed by atoms with E-state index in [4.69, 9.17) is 9.15 Å². The topological polar surface area (TPSA) is 56.5 Å². The second-order valence-electron chi connectivity index (χ2n) is 9.71. The molecule has 0 bridgehead atoms. The van der Waals surface area contributed by atoms with E-state index in [1.807, 2.05) is 6.07 Å². The fourth-order valence-corrected chi connectivity index (χ4v) is 6.82. The zero-order chi connectivity index (χ0) is 18.7. The van der Waals surface area contributed by atoms with Crippen molar-refractivity contribution in [2.45, 2.75) is 71.6 Å². The summed E-state index contributed by atoms with van der Waals surface area (Å²) in [4.78, 5) is 24.6. The molecule has 1 aromatic rings. The van der Waals surface area contributed by atoms with E-state index in [1.54, 1.807) is 6.26 Å². The Hall–Kier alpha value is -1.58. The maximum atomic E-state index is 12.9. The molecule has 4 heteroatoms. The van der Waals surface area contributed by atoms with Gasteiger partial charge in [-0.15, -0.1) is 0 Å². The molecule has 0 unspecified atom stereocenters. The Kier molecular flexibility index (Phi) is 3.91. The van der Waals surface area contributed by atoms with Gasteiger partial charge in [-0.2, -0.15) is 0 Å². The molecule has 0 spiro atoms. The Balaban J connectivity index is 1.84. The molecule has 0 aliphatic heterocycles. The first kappa shape index (κ1) is 17.8. The number of fused-ring (bicyclic) bond motifs is 5. The smallest absolute Gasteiger partial charge is 0.302 e. The zero-order valence-corrected chi connectivity index (χ0v) is 16.4. The van der Waals surface area contributed by atoms with Crippen LogP contribution in [0.5, 0.6) is 0 Å². The van der Waals surface area contributed by atoms with E-state index in [9.17, 15) is 9.59 Å². The van der Waals surface area contributed by atoms with E-state index in [0.29, 0.717) is 18.9 Å². The van der Waals surface area contributed by atoms with Crippen molar-refractivity contribution in [1.82, 2.24) is 0 Å². The summed E-state index contributed by atoms with van der Waals surface area (Å²) in [6.07, 6.45) is 7.66. The summed E-state index contributed by atoms with van der Waals surface area (Å²) < 4.78 is 11.5. The zero-order valence-electron chi connectivity index (χ0n) is 16.4. The lowest BCUT2D eigenvalue weighted by Gasteiger charge is -2.63. The van der Waals surface area contributed by atoms with Crippen molar-refractivity contribution in [3.8, 4) is 0 Å². The van der Waals surface area contributed by atoms with Crippen LogP contribution in [0.4, 0.5) is 0 Å². The van der Waals surface area contributed by atoms with Crippen LogP contribution < -0.4 is 0 Å². The molecule has 1 heterocycles. The van der Waals surface area contributed by atoms with Gasteiger partial charge >= 0.3 is 5.97 Å². The number of carbonyl (C=O) groups is 2. The lowest BCUT2D eigenvalue weighted by atomic mass is 9.41. The van der Waals surface area contributed by atoms with E-state index in [1.165, 1.54) is 13.3 Å². The van der Waals surface area contributed by atoms with Crippen LogP contribution in [0.25, 0.3) is 0 Å². The highest BCUT2D eigenvalue weighted by Crippen LogP contribution is 2.67. The molecular formula is C22H30O4. The lowest BCUT2D eigenvalue weighted by Crippen LogP contribution is -2.61. The summed E-state index contributed by atoms with van der Waals surface area (Å²) in [6, 6.07) is 1.83. The Morgan fingerprint density at radius 2 is 2.00 bits per heavy atom. The fourth-order valence-electron chi connectivity index (χ4n) is 6.82. The molecule has 1 aromatic heterocycles. The van der Waals surface area contributed by atoms with Crippen molar-refractivity contribution in [2.75, 3.05) is 6.61 Å². The molecule has 4 nitrogen and oxygen atoms in total. The first-order valence-corrected chi connectivity index (χ1v) is 9.95. The maximum absolute atomic E-state index is 12.9. The van der Waals surface area contributed by atoms with Gasteiger partial charge in [0.25, 0.3) is 0 Å². The van der Waals surface area contributed by atoms with Crippen molar-refractivity contribution in [2.24, 2.45) is 22.7 Å². The molecule has 3 aliphatic carbocycles. The summed E-state index contributed by atoms with van der Waals surface area (Å²) in [5.41, 5.74) is 0.670. The van der Waals surface area contributed by atoms with Crippen molar-refractivity contribution in [1.29, 1.82) is 0 Å². The first-order valence-electron chi connectivity index (χ1n) is 9.95. The van der Waals surface area contributed by atoms with E-state index in [2.05, 4.69) is 20.8 Å². The minimum absolute atomic E-state index is 0.138. The third-order valence-electron chi connectivity index (χ3n) is 7.93. The van der Waals surface area contributed by atoms with Crippen LogP contribution in [-0.4, -0.2) is 18.4 Å². The number of hydrogen-bond donors (Lipinski definition) is 0. The van der Waals surface area contributed by atoms with Crippen LogP contribution in [-0.2, 0) is 14.9 Å². The first-order chi connectivity index (χ1) is 12.2. The number of Topliss-reactive ketones (excluding diaryl/α,β-unsaturated/α-hetero) is 1. The molecule has 0 N–H and O–H groups in total. The summed E-state index contributed by atoms with van der Waals surface area (Å²) in [7, 11) is 0. The van der Waals surface area contributed by atoms with Gasteiger partial charge in [0.15, 0.2) is 5.78 Å². The van der Waals surface area contributed by atoms with Gasteiger partial charge in [0.2, 0.25) is 0 Å².